The molecule has 1 heterocycles. The van der Waals surface area contributed by atoms with Crippen LogP contribution in [-0.4, -0.2) is 18.4 Å². The molecular formula is C23H21FN2O3. The van der Waals surface area contributed by atoms with Gasteiger partial charge in [-0.1, -0.05) is 30.3 Å². The van der Waals surface area contributed by atoms with Gasteiger partial charge in [0.25, 0.3) is 11.8 Å². The molecule has 29 heavy (non-hydrogen) atoms. The van der Waals surface area contributed by atoms with Gasteiger partial charge in [0.1, 0.15) is 17.3 Å². The average molecular weight is 392 g/mol. The predicted molar refractivity (Wildman–Crippen MR) is 108 cm³/mol. The van der Waals surface area contributed by atoms with Crippen molar-refractivity contribution in [1.82, 2.24) is 10.6 Å². The largest absolute Gasteiger partial charge is 0.465 e. The average Bonchev–Trinajstić information content (AvgIpc) is 3.25. The molecule has 2 N–H and O–H groups in total. The van der Waals surface area contributed by atoms with E-state index >= 15 is 0 Å². The molecular weight excluding hydrogens is 371 g/mol. The summed E-state index contributed by atoms with van der Waals surface area (Å²) in [6.07, 6.45) is 4.35. The van der Waals surface area contributed by atoms with Crippen molar-refractivity contribution in [3.8, 4) is 0 Å². The molecule has 2 amide bonds. The van der Waals surface area contributed by atoms with Crippen LogP contribution < -0.4 is 10.6 Å². The van der Waals surface area contributed by atoms with Crippen molar-refractivity contribution in [2.75, 3.05) is 6.54 Å². The molecule has 0 atom stereocenters. The van der Waals surface area contributed by atoms with Gasteiger partial charge in [-0.2, -0.15) is 0 Å². The number of hydrogen-bond acceptors (Lipinski definition) is 3. The van der Waals surface area contributed by atoms with Crippen LogP contribution in [0.4, 0.5) is 4.39 Å². The lowest BCUT2D eigenvalue weighted by atomic mass is 10.1. The predicted octanol–water partition coefficient (Wildman–Crippen LogP) is 3.94. The summed E-state index contributed by atoms with van der Waals surface area (Å²) in [6, 6.07) is 18.3. The lowest BCUT2D eigenvalue weighted by molar-refractivity contribution is -0.117. The minimum atomic E-state index is -0.412. The standard InChI is InChI=1S/C23H21FN2O3/c24-19-12-10-17(11-13-19)6-4-14-25-23(28)21(16-20-9-5-15-29-20)26-22(27)18-7-2-1-3-8-18/h1-3,5,7-13,15-16H,4,6,14H2,(H,25,28)(H,26,27)/b21-16-. The van der Waals surface area contributed by atoms with Crippen molar-refractivity contribution in [3.05, 3.63) is 101 Å². The van der Waals surface area contributed by atoms with Crippen LogP contribution in [0.15, 0.2) is 83.1 Å². The maximum atomic E-state index is 12.9. The summed E-state index contributed by atoms with van der Waals surface area (Å²) in [5, 5.41) is 5.44. The summed E-state index contributed by atoms with van der Waals surface area (Å²) < 4.78 is 18.2. The number of furan rings is 1. The van der Waals surface area contributed by atoms with Crippen molar-refractivity contribution in [1.29, 1.82) is 0 Å². The Kier molecular flexibility index (Phi) is 6.95. The Hall–Kier alpha value is -3.67. The zero-order valence-corrected chi connectivity index (χ0v) is 15.7. The molecule has 2 aromatic carbocycles. The van der Waals surface area contributed by atoms with E-state index in [1.807, 2.05) is 6.07 Å². The first kappa shape index (κ1) is 20.1. The van der Waals surface area contributed by atoms with Crippen molar-refractivity contribution >= 4 is 17.9 Å². The molecule has 0 saturated heterocycles. The maximum Gasteiger partial charge on any atom is 0.267 e. The van der Waals surface area contributed by atoms with Gasteiger partial charge in [0, 0.05) is 18.2 Å². The molecule has 5 nitrogen and oxygen atoms in total. The highest BCUT2D eigenvalue weighted by molar-refractivity contribution is 6.05. The second-order valence-corrected chi connectivity index (χ2v) is 6.38. The highest BCUT2D eigenvalue weighted by Crippen LogP contribution is 2.08. The summed E-state index contributed by atoms with van der Waals surface area (Å²) in [4.78, 5) is 25.0. The summed E-state index contributed by atoms with van der Waals surface area (Å²) >= 11 is 0. The van der Waals surface area contributed by atoms with E-state index in [2.05, 4.69) is 10.6 Å². The Balaban J connectivity index is 1.60. The number of benzene rings is 2. The van der Waals surface area contributed by atoms with Gasteiger partial charge in [-0.25, -0.2) is 4.39 Å². The third-order valence-corrected chi connectivity index (χ3v) is 4.20. The van der Waals surface area contributed by atoms with Crippen molar-refractivity contribution in [3.63, 3.8) is 0 Å². The molecule has 0 fully saturated rings. The smallest absolute Gasteiger partial charge is 0.267 e. The highest BCUT2D eigenvalue weighted by Gasteiger charge is 2.14. The van der Waals surface area contributed by atoms with E-state index in [-0.39, 0.29) is 17.4 Å². The van der Waals surface area contributed by atoms with Crippen molar-refractivity contribution in [2.24, 2.45) is 0 Å². The fourth-order valence-corrected chi connectivity index (χ4v) is 2.70. The van der Waals surface area contributed by atoms with Crippen LogP contribution in [0.1, 0.15) is 28.1 Å². The number of carbonyl (C=O) groups is 2. The molecule has 0 aliphatic rings. The van der Waals surface area contributed by atoms with Crippen molar-refractivity contribution in [2.45, 2.75) is 12.8 Å². The first-order chi connectivity index (χ1) is 14.1. The normalized spacial score (nSPS) is 11.1. The highest BCUT2D eigenvalue weighted by atomic mass is 19.1. The molecule has 148 valence electrons. The zero-order valence-electron chi connectivity index (χ0n) is 15.7. The summed E-state index contributed by atoms with van der Waals surface area (Å²) in [5.74, 6) is -0.617. The van der Waals surface area contributed by atoms with E-state index in [1.165, 1.54) is 24.5 Å². The Morgan fingerprint density at radius 2 is 1.72 bits per heavy atom. The first-order valence-electron chi connectivity index (χ1n) is 9.26. The lowest BCUT2D eigenvalue weighted by Crippen LogP contribution is -2.35. The Bertz CT molecular complexity index is 965. The Labute approximate surface area is 168 Å². The van der Waals surface area contributed by atoms with Crippen LogP contribution in [0.5, 0.6) is 0 Å². The molecule has 3 aromatic rings. The summed E-state index contributed by atoms with van der Waals surface area (Å²) in [6.45, 7) is 0.410. The minimum absolute atomic E-state index is 0.0931. The molecule has 6 heteroatoms. The van der Waals surface area contributed by atoms with Gasteiger partial charge in [0.05, 0.1) is 6.26 Å². The number of halogens is 1. The fourth-order valence-electron chi connectivity index (χ4n) is 2.70. The number of rotatable bonds is 8. The number of nitrogens with one attached hydrogen (secondary N) is 2. The lowest BCUT2D eigenvalue weighted by Gasteiger charge is -2.11. The Morgan fingerprint density at radius 3 is 2.41 bits per heavy atom. The molecule has 0 unspecified atom stereocenters. The third kappa shape index (κ3) is 6.17. The quantitative estimate of drug-likeness (QED) is 0.451. The molecule has 0 radical (unpaired) electrons. The van der Waals surface area contributed by atoms with Gasteiger partial charge >= 0.3 is 0 Å². The molecule has 0 bridgehead atoms. The molecule has 3 rings (SSSR count). The zero-order chi connectivity index (χ0) is 20.5. The van der Waals surface area contributed by atoms with E-state index in [1.54, 1.807) is 48.5 Å². The second kappa shape index (κ2) is 10.0. The van der Waals surface area contributed by atoms with Crippen LogP contribution >= 0.6 is 0 Å². The van der Waals surface area contributed by atoms with Crippen LogP contribution in [0, 0.1) is 5.82 Å². The van der Waals surface area contributed by atoms with Gasteiger partial charge in [-0.15, -0.1) is 0 Å². The minimum Gasteiger partial charge on any atom is -0.465 e. The topological polar surface area (TPSA) is 71.3 Å². The van der Waals surface area contributed by atoms with Crippen LogP contribution in [0.25, 0.3) is 6.08 Å². The SMILES string of the molecule is O=C(NCCCc1ccc(F)cc1)/C(=C/c1ccco1)NC(=O)c1ccccc1. The van der Waals surface area contributed by atoms with Crippen molar-refractivity contribution < 1.29 is 18.4 Å². The summed E-state index contributed by atoms with van der Waals surface area (Å²) in [7, 11) is 0. The molecule has 0 aliphatic heterocycles. The van der Waals surface area contributed by atoms with Crippen LogP contribution in [-0.2, 0) is 11.2 Å². The molecule has 0 aliphatic carbocycles. The third-order valence-electron chi connectivity index (χ3n) is 4.20. The number of carbonyl (C=O) groups excluding carboxylic acids is 2. The number of hydrogen-bond donors (Lipinski definition) is 2. The van der Waals surface area contributed by atoms with Gasteiger partial charge in [0.2, 0.25) is 0 Å². The molecule has 1 aromatic heterocycles. The van der Waals surface area contributed by atoms with E-state index in [0.717, 1.165) is 5.56 Å². The van der Waals surface area contributed by atoms with Gasteiger partial charge in [0.15, 0.2) is 0 Å². The van der Waals surface area contributed by atoms with Gasteiger partial charge in [-0.3, -0.25) is 9.59 Å². The van der Waals surface area contributed by atoms with Gasteiger partial charge in [-0.05, 0) is 54.8 Å². The van der Waals surface area contributed by atoms with E-state index in [0.29, 0.717) is 30.7 Å². The van der Waals surface area contributed by atoms with Gasteiger partial charge < -0.3 is 15.1 Å². The molecule has 0 spiro atoms. The van der Waals surface area contributed by atoms with E-state index < -0.39 is 5.91 Å². The monoisotopic (exact) mass is 392 g/mol. The van der Waals surface area contributed by atoms with E-state index in [9.17, 15) is 14.0 Å². The molecule has 0 saturated carbocycles. The number of amides is 2. The summed E-state index contributed by atoms with van der Waals surface area (Å²) in [5.41, 5.74) is 1.53. The van der Waals surface area contributed by atoms with E-state index in [4.69, 9.17) is 4.42 Å². The fraction of sp³-hybridized carbons (Fsp3) is 0.130. The van der Waals surface area contributed by atoms with Crippen LogP contribution in [0.2, 0.25) is 0 Å². The number of aryl methyl sites for hydroxylation is 1. The Morgan fingerprint density at radius 1 is 0.966 bits per heavy atom. The second-order valence-electron chi connectivity index (χ2n) is 6.38. The first-order valence-corrected chi connectivity index (χ1v) is 9.26. The maximum absolute atomic E-state index is 12.9. The van der Waals surface area contributed by atoms with Crippen LogP contribution in [0.3, 0.4) is 0 Å².